The summed E-state index contributed by atoms with van der Waals surface area (Å²) in [6.45, 7) is 2.73. The van der Waals surface area contributed by atoms with Gasteiger partial charge in [-0.2, -0.15) is 4.37 Å². The van der Waals surface area contributed by atoms with E-state index in [-0.39, 0.29) is 22.6 Å². The molecule has 0 radical (unpaired) electrons. The average Bonchev–Trinajstić information content (AvgIpc) is 3.65. The zero-order valence-electron chi connectivity index (χ0n) is 22.2. The summed E-state index contributed by atoms with van der Waals surface area (Å²) < 4.78 is 43.8. The van der Waals surface area contributed by atoms with E-state index >= 15 is 0 Å². The zero-order valence-corrected chi connectivity index (χ0v) is 24.5. The lowest BCUT2D eigenvalue weighted by molar-refractivity contribution is 0.328. The molecule has 1 unspecified atom stereocenters. The van der Waals surface area contributed by atoms with Crippen molar-refractivity contribution in [3.05, 3.63) is 89.2 Å². The predicted octanol–water partition coefficient (Wildman–Crippen LogP) is 5.29. The van der Waals surface area contributed by atoms with Crippen LogP contribution in [0, 0.1) is 0 Å². The molecule has 0 bridgehead atoms. The van der Waals surface area contributed by atoms with Crippen molar-refractivity contribution in [2.24, 2.45) is 0 Å². The molecule has 40 heavy (non-hydrogen) atoms. The highest BCUT2D eigenvalue weighted by Crippen LogP contribution is 2.34. The van der Waals surface area contributed by atoms with Gasteiger partial charge in [0.15, 0.2) is 0 Å². The van der Waals surface area contributed by atoms with Gasteiger partial charge in [-0.3, -0.25) is 4.90 Å². The van der Waals surface area contributed by atoms with Crippen molar-refractivity contribution in [2.45, 2.75) is 30.4 Å². The molecule has 1 saturated heterocycles. The van der Waals surface area contributed by atoms with Crippen LogP contribution in [0.25, 0.3) is 0 Å². The minimum atomic E-state index is -4.04. The van der Waals surface area contributed by atoms with E-state index in [1.54, 1.807) is 37.4 Å². The molecule has 1 fully saturated rings. The molecule has 0 aliphatic carbocycles. The topological polar surface area (TPSA) is 96.9 Å². The Morgan fingerprint density at radius 3 is 2.62 bits per heavy atom. The number of likely N-dealkylation sites (tertiary alicyclic amines) is 1. The molecule has 1 N–H and O–H groups in total. The minimum absolute atomic E-state index is 0.0123. The van der Waals surface area contributed by atoms with E-state index < -0.39 is 10.0 Å². The van der Waals surface area contributed by atoms with Crippen LogP contribution in [0.2, 0.25) is 5.02 Å². The monoisotopic (exact) mass is 599 g/mol. The quantitative estimate of drug-likeness (QED) is 0.248. The molecule has 1 aromatic heterocycles. The lowest BCUT2D eigenvalue weighted by Gasteiger charge is -2.23. The number of anilines is 2. The number of rotatable bonds is 11. The summed E-state index contributed by atoms with van der Waals surface area (Å²) in [7, 11) is -0.954. The Morgan fingerprint density at radius 2 is 1.93 bits per heavy atom. The molecule has 4 aromatic rings. The van der Waals surface area contributed by atoms with Crippen LogP contribution in [0.15, 0.2) is 78.0 Å². The minimum Gasteiger partial charge on any atom is -0.497 e. The standard InChI is InChI=1S/C28H30ClN5O4S2/c1-37-23-9-8-21(27(14-23)38-2)17-34(28-30-19-31-39-28)40(35,36)24-10-11-26(25(29)15-24)32-22-12-13-33(18-22)16-20-6-4-3-5-7-20/h3-11,14-15,19,22,32H,12-13,16-18H2,1-2H3. The molecule has 1 aliphatic rings. The summed E-state index contributed by atoms with van der Waals surface area (Å²) in [5.74, 6) is 1.10. The van der Waals surface area contributed by atoms with Crippen LogP contribution in [0.4, 0.5) is 10.8 Å². The molecule has 3 aromatic carbocycles. The Hall–Kier alpha value is -3.38. The van der Waals surface area contributed by atoms with Gasteiger partial charge in [0.05, 0.1) is 36.4 Å². The number of halogens is 1. The largest absolute Gasteiger partial charge is 0.497 e. The predicted molar refractivity (Wildman–Crippen MR) is 158 cm³/mol. The van der Waals surface area contributed by atoms with E-state index in [1.165, 1.54) is 29.4 Å². The van der Waals surface area contributed by atoms with Gasteiger partial charge in [0, 0.05) is 48.8 Å². The van der Waals surface area contributed by atoms with Crippen LogP contribution in [-0.4, -0.2) is 56.0 Å². The summed E-state index contributed by atoms with van der Waals surface area (Å²) in [5, 5.41) is 4.07. The van der Waals surface area contributed by atoms with Crippen LogP contribution < -0.4 is 19.1 Å². The smallest absolute Gasteiger partial charge is 0.266 e. The van der Waals surface area contributed by atoms with Crippen molar-refractivity contribution in [3.63, 3.8) is 0 Å². The van der Waals surface area contributed by atoms with Crippen molar-refractivity contribution < 1.29 is 17.9 Å². The third-order valence-electron chi connectivity index (χ3n) is 6.78. The van der Waals surface area contributed by atoms with Gasteiger partial charge in [0.1, 0.15) is 17.8 Å². The van der Waals surface area contributed by atoms with Gasteiger partial charge in [-0.15, -0.1) is 0 Å². The van der Waals surface area contributed by atoms with Crippen molar-refractivity contribution in [1.82, 2.24) is 14.3 Å². The molecule has 0 saturated carbocycles. The number of aromatic nitrogens is 2. The van der Waals surface area contributed by atoms with Gasteiger partial charge >= 0.3 is 0 Å². The van der Waals surface area contributed by atoms with Gasteiger partial charge in [-0.25, -0.2) is 17.7 Å². The molecule has 0 amide bonds. The molecular formula is C28H30ClN5O4S2. The fourth-order valence-corrected chi connectivity index (χ4v) is 7.18. The Kier molecular flexibility index (Phi) is 8.75. The maximum atomic E-state index is 13.9. The molecule has 2 heterocycles. The second kappa shape index (κ2) is 12.4. The van der Waals surface area contributed by atoms with Crippen molar-refractivity contribution >= 4 is 44.0 Å². The Labute approximate surface area is 243 Å². The Bertz CT molecular complexity index is 1540. The summed E-state index contributed by atoms with van der Waals surface area (Å²) in [4.78, 5) is 6.63. The van der Waals surface area contributed by atoms with E-state index in [1.807, 2.05) is 6.07 Å². The van der Waals surface area contributed by atoms with Gasteiger partial charge in [0.25, 0.3) is 10.0 Å². The average molecular weight is 600 g/mol. The van der Waals surface area contributed by atoms with Crippen LogP contribution >= 0.6 is 23.1 Å². The number of benzene rings is 3. The van der Waals surface area contributed by atoms with E-state index in [4.69, 9.17) is 21.1 Å². The lowest BCUT2D eigenvalue weighted by atomic mass is 10.2. The number of sulfonamides is 1. The zero-order chi connectivity index (χ0) is 28.1. The first-order valence-electron chi connectivity index (χ1n) is 12.7. The second-order valence-electron chi connectivity index (χ2n) is 9.41. The van der Waals surface area contributed by atoms with Crippen LogP contribution in [0.1, 0.15) is 17.5 Å². The molecule has 9 nitrogen and oxygen atoms in total. The normalized spacial score (nSPS) is 15.6. The Balaban J connectivity index is 1.33. The highest BCUT2D eigenvalue weighted by atomic mass is 35.5. The first kappa shape index (κ1) is 28.2. The van der Waals surface area contributed by atoms with Crippen LogP contribution in [-0.2, 0) is 23.1 Å². The highest BCUT2D eigenvalue weighted by Gasteiger charge is 2.30. The van der Waals surface area contributed by atoms with Gasteiger partial charge in [-0.05, 0) is 42.3 Å². The molecule has 210 valence electrons. The second-order valence-corrected chi connectivity index (χ2v) is 12.4. The third kappa shape index (κ3) is 6.33. The summed E-state index contributed by atoms with van der Waals surface area (Å²) in [6.07, 6.45) is 2.30. The Morgan fingerprint density at radius 1 is 1.10 bits per heavy atom. The van der Waals surface area contributed by atoms with E-state index in [9.17, 15) is 8.42 Å². The molecule has 5 rings (SSSR count). The highest BCUT2D eigenvalue weighted by molar-refractivity contribution is 7.93. The molecule has 1 atom stereocenters. The SMILES string of the molecule is COc1ccc(CN(c2ncns2)S(=O)(=O)c2ccc(NC3CCN(Cc4ccccc4)C3)c(Cl)c2)c(OC)c1. The first-order valence-corrected chi connectivity index (χ1v) is 15.3. The summed E-state index contributed by atoms with van der Waals surface area (Å²) in [5.41, 5.74) is 2.63. The number of hydrogen-bond donors (Lipinski definition) is 1. The van der Waals surface area contributed by atoms with E-state index in [2.05, 4.69) is 43.8 Å². The van der Waals surface area contributed by atoms with Crippen molar-refractivity contribution in [1.29, 1.82) is 0 Å². The van der Waals surface area contributed by atoms with E-state index in [0.717, 1.165) is 37.6 Å². The van der Waals surface area contributed by atoms with Gasteiger partial charge in [-0.1, -0.05) is 41.9 Å². The summed E-state index contributed by atoms with van der Waals surface area (Å²) >= 11 is 7.62. The fourth-order valence-electron chi connectivity index (χ4n) is 4.73. The maximum absolute atomic E-state index is 13.9. The molecule has 12 heteroatoms. The van der Waals surface area contributed by atoms with Gasteiger partial charge in [0.2, 0.25) is 5.13 Å². The number of methoxy groups -OCH3 is 2. The first-order chi connectivity index (χ1) is 19.4. The molecular weight excluding hydrogens is 570 g/mol. The van der Waals surface area contributed by atoms with Crippen molar-refractivity contribution in [2.75, 3.05) is 36.9 Å². The van der Waals surface area contributed by atoms with E-state index in [0.29, 0.717) is 27.8 Å². The fraction of sp³-hybridized carbons (Fsp3) is 0.286. The van der Waals surface area contributed by atoms with Crippen LogP contribution in [0.3, 0.4) is 0 Å². The summed E-state index contributed by atoms with van der Waals surface area (Å²) in [6, 6.07) is 20.6. The van der Waals surface area contributed by atoms with Gasteiger partial charge < -0.3 is 14.8 Å². The molecule has 0 spiro atoms. The van der Waals surface area contributed by atoms with Crippen LogP contribution in [0.5, 0.6) is 11.5 Å². The molecule has 1 aliphatic heterocycles. The number of nitrogens with zero attached hydrogens (tertiary/aromatic N) is 4. The maximum Gasteiger partial charge on any atom is 0.266 e. The number of ether oxygens (including phenoxy) is 2. The number of nitrogens with one attached hydrogen (secondary N) is 1. The van der Waals surface area contributed by atoms with Crippen molar-refractivity contribution in [3.8, 4) is 11.5 Å². The third-order valence-corrected chi connectivity index (χ3v) is 9.63. The lowest BCUT2D eigenvalue weighted by Crippen LogP contribution is -2.31. The number of hydrogen-bond acceptors (Lipinski definition) is 9.